The zero-order chi connectivity index (χ0) is 14.7. The van der Waals surface area contributed by atoms with Crippen molar-refractivity contribution in [1.29, 1.82) is 0 Å². The molecule has 0 aliphatic carbocycles. The Morgan fingerprint density at radius 3 is 2.60 bits per heavy atom. The van der Waals surface area contributed by atoms with Crippen molar-refractivity contribution in [3.63, 3.8) is 0 Å². The second-order valence-electron chi connectivity index (χ2n) is 4.40. The Morgan fingerprint density at radius 2 is 2.00 bits per heavy atom. The Bertz CT molecular complexity index is 658. The molecule has 0 aliphatic rings. The summed E-state index contributed by atoms with van der Waals surface area (Å²) in [4.78, 5) is 22.2. The first-order valence-corrected chi connectivity index (χ1v) is 6.25. The molecule has 1 amide bonds. The van der Waals surface area contributed by atoms with Crippen LogP contribution in [0.1, 0.15) is 29.5 Å². The van der Waals surface area contributed by atoms with Gasteiger partial charge in [-0.25, -0.2) is 4.79 Å². The lowest BCUT2D eigenvalue weighted by Crippen LogP contribution is -2.09. The fourth-order valence-corrected chi connectivity index (χ4v) is 1.81. The summed E-state index contributed by atoms with van der Waals surface area (Å²) in [6.07, 6.45) is 0.396. The third-order valence-electron chi connectivity index (χ3n) is 2.92. The molecule has 0 spiro atoms. The van der Waals surface area contributed by atoms with Crippen LogP contribution in [0.2, 0.25) is 0 Å². The molecular formula is C15H15NO4. The van der Waals surface area contributed by atoms with Gasteiger partial charge >= 0.3 is 5.97 Å². The summed E-state index contributed by atoms with van der Waals surface area (Å²) in [5.74, 6) is -0.829. The van der Waals surface area contributed by atoms with E-state index in [4.69, 9.17) is 9.52 Å². The molecule has 2 N–H and O–H groups in total. The minimum Gasteiger partial charge on any atom is -0.475 e. The fourth-order valence-electron chi connectivity index (χ4n) is 1.81. The minimum atomic E-state index is -1.11. The van der Waals surface area contributed by atoms with Gasteiger partial charge in [-0.1, -0.05) is 13.0 Å². The predicted octanol–water partition coefficient (Wildman–Crippen LogP) is 3.30. The van der Waals surface area contributed by atoms with Crippen LogP contribution in [0.4, 0.5) is 5.69 Å². The van der Waals surface area contributed by atoms with Crippen LogP contribution in [-0.4, -0.2) is 17.0 Å². The molecule has 1 aromatic heterocycles. The molecular weight excluding hydrogens is 258 g/mol. The number of hydrogen-bond donors (Lipinski definition) is 2. The molecule has 5 heteroatoms. The van der Waals surface area contributed by atoms with Gasteiger partial charge in [0.15, 0.2) is 0 Å². The maximum absolute atomic E-state index is 11.4. The van der Waals surface area contributed by atoms with E-state index in [0.717, 1.165) is 11.1 Å². The average Bonchev–Trinajstić information content (AvgIpc) is 2.90. The highest BCUT2D eigenvalue weighted by Gasteiger charge is 2.12. The molecule has 0 saturated heterocycles. The minimum absolute atomic E-state index is 0.0783. The second-order valence-corrected chi connectivity index (χ2v) is 4.40. The van der Waals surface area contributed by atoms with Crippen LogP contribution in [0.15, 0.2) is 34.7 Å². The van der Waals surface area contributed by atoms with Gasteiger partial charge in [0.25, 0.3) is 0 Å². The first-order valence-electron chi connectivity index (χ1n) is 6.25. The lowest BCUT2D eigenvalue weighted by Gasteiger charge is -2.08. The summed E-state index contributed by atoms with van der Waals surface area (Å²) < 4.78 is 5.29. The monoisotopic (exact) mass is 273 g/mol. The van der Waals surface area contributed by atoms with E-state index in [-0.39, 0.29) is 11.7 Å². The van der Waals surface area contributed by atoms with Crippen molar-refractivity contribution < 1.29 is 19.1 Å². The molecule has 0 saturated carbocycles. The SMILES string of the molecule is CCC(=O)Nc1ccc(C)c(-c2ccc(C(=O)O)o2)c1. The molecule has 0 aliphatic heterocycles. The number of carboxylic acid groups (broad SMARTS) is 1. The van der Waals surface area contributed by atoms with Crippen molar-refractivity contribution in [2.75, 3.05) is 5.32 Å². The van der Waals surface area contributed by atoms with Crippen LogP contribution in [-0.2, 0) is 4.79 Å². The number of furan rings is 1. The molecule has 5 nitrogen and oxygen atoms in total. The van der Waals surface area contributed by atoms with Crippen LogP contribution in [0, 0.1) is 6.92 Å². The number of carbonyl (C=O) groups excluding carboxylic acids is 1. The Labute approximate surface area is 116 Å². The highest BCUT2D eigenvalue weighted by molar-refractivity contribution is 5.91. The third-order valence-corrected chi connectivity index (χ3v) is 2.92. The van der Waals surface area contributed by atoms with Crippen LogP contribution < -0.4 is 5.32 Å². The standard InChI is InChI=1S/C15H15NO4/c1-3-14(17)16-10-5-4-9(2)11(8-10)12-6-7-13(20-12)15(18)19/h4-8H,3H2,1-2H3,(H,16,17)(H,18,19). The van der Waals surface area contributed by atoms with E-state index in [1.807, 2.05) is 13.0 Å². The van der Waals surface area contributed by atoms with Crippen molar-refractivity contribution in [2.45, 2.75) is 20.3 Å². The average molecular weight is 273 g/mol. The molecule has 1 heterocycles. The van der Waals surface area contributed by atoms with Crippen LogP contribution in [0.3, 0.4) is 0 Å². The summed E-state index contributed by atoms with van der Waals surface area (Å²) in [5.41, 5.74) is 2.35. The quantitative estimate of drug-likeness (QED) is 0.895. The molecule has 2 rings (SSSR count). The number of carboxylic acids is 1. The Balaban J connectivity index is 2.36. The van der Waals surface area contributed by atoms with E-state index >= 15 is 0 Å². The van der Waals surface area contributed by atoms with E-state index in [9.17, 15) is 9.59 Å². The van der Waals surface area contributed by atoms with E-state index in [1.54, 1.807) is 25.1 Å². The highest BCUT2D eigenvalue weighted by Crippen LogP contribution is 2.28. The molecule has 20 heavy (non-hydrogen) atoms. The summed E-state index contributed by atoms with van der Waals surface area (Å²) >= 11 is 0. The number of aromatic carboxylic acids is 1. The van der Waals surface area contributed by atoms with Gasteiger partial charge in [0.1, 0.15) is 5.76 Å². The van der Waals surface area contributed by atoms with Crippen molar-refractivity contribution in [3.05, 3.63) is 41.7 Å². The molecule has 0 unspecified atom stereocenters. The van der Waals surface area contributed by atoms with Gasteiger partial charge in [-0.3, -0.25) is 4.79 Å². The van der Waals surface area contributed by atoms with Gasteiger partial charge in [-0.05, 0) is 36.8 Å². The summed E-state index contributed by atoms with van der Waals surface area (Å²) in [6, 6.07) is 8.44. The topological polar surface area (TPSA) is 79.5 Å². The van der Waals surface area contributed by atoms with Gasteiger partial charge in [0, 0.05) is 17.7 Å². The van der Waals surface area contributed by atoms with Crippen molar-refractivity contribution in [2.24, 2.45) is 0 Å². The number of nitrogens with one attached hydrogen (secondary N) is 1. The predicted molar refractivity (Wildman–Crippen MR) is 74.8 cm³/mol. The molecule has 1 aromatic carbocycles. The lowest BCUT2D eigenvalue weighted by atomic mass is 10.1. The first-order chi connectivity index (χ1) is 9.51. The number of benzene rings is 1. The lowest BCUT2D eigenvalue weighted by molar-refractivity contribution is -0.115. The second kappa shape index (κ2) is 5.61. The van der Waals surface area contributed by atoms with E-state index in [0.29, 0.717) is 17.9 Å². The Morgan fingerprint density at radius 1 is 1.25 bits per heavy atom. The number of anilines is 1. The van der Waals surface area contributed by atoms with Crippen LogP contribution >= 0.6 is 0 Å². The first kappa shape index (κ1) is 13.9. The van der Waals surface area contributed by atoms with E-state index in [2.05, 4.69) is 5.32 Å². The van der Waals surface area contributed by atoms with Crippen molar-refractivity contribution in [1.82, 2.24) is 0 Å². The van der Waals surface area contributed by atoms with Gasteiger partial charge in [0.2, 0.25) is 11.7 Å². The number of aryl methyl sites for hydroxylation is 1. The smallest absolute Gasteiger partial charge is 0.371 e. The number of hydrogen-bond acceptors (Lipinski definition) is 3. The summed E-state index contributed by atoms with van der Waals surface area (Å²) in [5, 5.41) is 11.6. The molecule has 0 bridgehead atoms. The summed E-state index contributed by atoms with van der Waals surface area (Å²) in [7, 11) is 0. The molecule has 2 aromatic rings. The van der Waals surface area contributed by atoms with Gasteiger partial charge in [-0.2, -0.15) is 0 Å². The van der Waals surface area contributed by atoms with Crippen LogP contribution in [0.25, 0.3) is 11.3 Å². The Hall–Kier alpha value is -2.56. The van der Waals surface area contributed by atoms with Crippen LogP contribution in [0.5, 0.6) is 0 Å². The van der Waals surface area contributed by atoms with E-state index < -0.39 is 5.97 Å². The van der Waals surface area contributed by atoms with Crippen molar-refractivity contribution >= 4 is 17.6 Å². The Kier molecular flexibility index (Phi) is 3.89. The highest BCUT2D eigenvalue weighted by atomic mass is 16.4. The zero-order valence-electron chi connectivity index (χ0n) is 11.3. The van der Waals surface area contributed by atoms with Gasteiger partial charge < -0.3 is 14.8 Å². The van der Waals surface area contributed by atoms with Gasteiger partial charge in [-0.15, -0.1) is 0 Å². The van der Waals surface area contributed by atoms with E-state index in [1.165, 1.54) is 6.07 Å². The zero-order valence-corrected chi connectivity index (χ0v) is 11.3. The molecule has 0 radical (unpaired) electrons. The summed E-state index contributed by atoms with van der Waals surface area (Å²) in [6.45, 7) is 3.67. The maximum atomic E-state index is 11.4. The fraction of sp³-hybridized carbons (Fsp3) is 0.200. The molecule has 104 valence electrons. The number of rotatable bonds is 4. The number of carbonyl (C=O) groups is 2. The third kappa shape index (κ3) is 2.88. The van der Waals surface area contributed by atoms with Crippen molar-refractivity contribution in [3.8, 4) is 11.3 Å². The molecule has 0 atom stereocenters. The van der Waals surface area contributed by atoms with Gasteiger partial charge in [0.05, 0.1) is 0 Å². The number of amides is 1. The molecule has 0 fully saturated rings. The maximum Gasteiger partial charge on any atom is 0.371 e. The largest absolute Gasteiger partial charge is 0.475 e. The normalized spacial score (nSPS) is 10.3.